The van der Waals surface area contributed by atoms with E-state index in [-0.39, 0.29) is 0 Å². The van der Waals surface area contributed by atoms with Crippen LogP contribution in [0.4, 0.5) is 0 Å². The quantitative estimate of drug-likeness (QED) is 0.287. The zero-order valence-corrected chi connectivity index (χ0v) is 7.59. The van der Waals surface area contributed by atoms with Gasteiger partial charge in [-0.2, -0.15) is 0 Å². The molecule has 1 nitrogen and oxygen atoms in total. The van der Waals surface area contributed by atoms with Gasteiger partial charge in [-0.15, -0.1) is 24.0 Å². The van der Waals surface area contributed by atoms with E-state index in [4.69, 9.17) is 11.2 Å². The number of rotatable bonds is 6. The van der Waals surface area contributed by atoms with Crippen molar-refractivity contribution in [1.82, 2.24) is 0 Å². The van der Waals surface area contributed by atoms with Gasteiger partial charge in [0.25, 0.3) is 0 Å². The third-order valence-corrected chi connectivity index (χ3v) is 1.83. The predicted octanol–water partition coefficient (Wildman–Crippen LogP) is 1.99. The fraction of sp³-hybridized carbons (Fsp3) is 0.714. The molecule has 0 aromatic heterocycles. The van der Waals surface area contributed by atoms with Crippen LogP contribution in [0.25, 0.3) is 0 Å². The van der Waals surface area contributed by atoms with Crippen molar-refractivity contribution in [1.29, 1.82) is 0 Å². The van der Waals surface area contributed by atoms with Gasteiger partial charge in [-0.3, -0.25) is 0 Å². The lowest BCUT2D eigenvalue weighted by atomic mass is 10.3. The summed E-state index contributed by atoms with van der Waals surface area (Å²) in [5, 5.41) is 0. The Labute approximate surface area is 71.7 Å². The maximum absolute atomic E-state index is 5.21. The van der Waals surface area contributed by atoms with Gasteiger partial charge in [0.15, 0.2) is 0 Å². The molecule has 0 spiro atoms. The Bertz CT molecular complexity index is 98.3. The third-order valence-electron chi connectivity index (χ3n) is 0.929. The van der Waals surface area contributed by atoms with Crippen molar-refractivity contribution in [2.24, 2.45) is 0 Å². The summed E-state index contributed by atoms with van der Waals surface area (Å²) in [7, 11) is 1.49. The van der Waals surface area contributed by atoms with Crippen LogP contribution in [-0.4, -0.2) is 19.0 Å². The number of hydrogen-bond acceptors (Lipinski definition) is 3. The first-order valence-corrected chi connectivity index (χ1v) is 5.23. The molecule has 3 heteroatoms. The van der Waals surface area contributed by atoms with E-state index < -0.39 is 0 Å². The van der Waals surface area contributed by atoms with Crippen molar-refractivity contribution in [3.8, 4) is 12.3 Å². The smallest absolute Gasteiger partial charge is 0.0564 e. The molecule has 0 unspecified atom stereocenters. The number of terminal acetylenes is 1. The Balaban J connectivity index is 2.72. The summed E-state index contributed by atoms with van der Waals surface area (Å²) in [5.74, 6) is 3.50. The molecule has 0 rings (SSSR count). The Hall–Kier alpha value is 0.220. The molecule has 58 valence electrons. The summed E-state index contributed by atoms with van der Waals surface area (Å²) in [6.07, 6.45) is 6.83. The van der Waals surface area contributed by atoms with E-state index in [9.17, 15) is 0 Å². The van der Waals surface area contributed by atoms with E-state index >= 15 is 0 Å². The van der Waals surface area contributed by atoms with Gasteiger partial charge in [-0.1, -0.05) is 10.8 Å². The van der Waals surface area contributed by atoms with Gasteiger partial charge in [0, 0.05) is 18.8 Å². The number of unbranched alkanes of at least 4 members (excludes halogenated alkanes) is 1. The van der Waals surface area contributed by atoms with Gasteiger partial charge in [-0.25, -0.2) is 0 Å². The maximum Gasteiger partial charge on any atom is 0.0564 e. The van der Waals surface area contributed by atoms with Crippen LogP contribution >= 0.6 is 22.5 Å². The first-order valence-electron chi connectivity index (χ1n) is 3.19. The molecule has 0 fully saturated rings. The fourth-order valence-electron chi connectivity index (χ4n) is 0.475. The average Bonchev–Trinajstić information content (AvgIpc) is 1.97. The second-order valence-electron chi connectivity index (χ2n) is 1.75. The molecule has 0 radical (unpaired) electrons. The van der Waals surface area contributed by atoms with E-state index in [1.165, 1.54) is 10.8 Å². The molecule has 0 N–H and O–H groups in total. The molecule has 0 aromatic rings. The lowest BCUT2D eigenvalue weighted by Gasteiger charge is -1.98. The zero-order valence-electron chi connectivity index (χ0n) is 5.88. The van der Waals surface area contributed by atoms with Crippen molar-refractivity contribution in [3.05, 3.63) is 0 Å². The van der Waals surface area contributed by atoms with Gasteiger partial charge in [0.1, 0.15) is 0 Å². The van der Waals surface area contributed by atoms with Crippen molar-refractivity contribution >= 4 is 22.5 Å². The summed E-state index contributed by atoms with van der Waals surface area (Å²) in [4.78, 5) is 0. The van der Waals surface area contributed by atoms with Crippen molar-refractivity contribution in [2.45, 2.75) is 12.8 Å². The normalized spacial score (nSPS) is 9.20. The highest BCUT2D eigenvalue weighted by Gasteiger charge is 1.86. The Kier molecular flexibility index (Phi) is 9.42. The SMILES string of the molecule is C#CCCCOCCSS. The molecule has 0 atom stereocenters. The Morgan fingerprint density at radius 1 is 1.50 bits per heavy atom. The van der Waals surface area contributed by atoms with Gasteiger partial charge in [0.2, 0.25) is 0 Å². The van der Waals surface area contributed by atoms with Gasteiger partial charge in [-0.05, 0) is 6.42 Å². The minimum absolute atomic E-state index is 0.776. The summed E-state index contributed by atoms with van der Waals surface area (Å²) in [5.41, 5.74) is 0. The monoisotopic (exact) mass is 176 g/mol. The molecule has 0 aromatic carbocycles. The zero-order chi connectivity index (χ0) is 7.66. The molecule has 0 heterocycles. The Morgan fingerprint density at radius 2 is 2.30 bits per heavy atom. The second kappa shape index (κ2) is 9.22. The summed E-state index contributed by atoms with van der Waals surface area (Å²) in [6.45, 7) is 1.55. The fourth-order valence-corrected chi connectivity index (χ4v) is 0.891. The largest absolute Gasteiger partial charge is 0.381 e. The van der Waals surface area contributed by atoms with Crippen molar-refractivity contribution in [3.63, 3.8) is 0 Å². The highest BCUT2D eigenvalue weighted by atomic mass is 33.1. The average molecular weight is 176 g/mol. The van der Waals surface area contributed by atoms with Crippen LogP contribution in [0.2, 0.25) is 0 Å². The van der Waals surface area contributed by atoms with Crippen LogP contribution in [0.15, 0.2) is 0 Å². The number of hydrogen-bond donors (Lipinski definition) is 1. The molecule has 0 bridgehead atoms. The summed E-state index contributed by atoms with van der Waals surface area (Å²) < 4.78 is 5.21. The third kappa shape index (κ3) is 8.22. The molecule has 10 heavy (non-hydrogen) atoms. The van der Waals surface area contributed by atoms with Crippen LogP contribution in [0.1, 0.15) is 12.8 Å². The van der Waals surface area contributed by atoms with E-state index in [1.807, 2.05) is 0 Å². The minimum Gasteiger partial charge on any atom is -0.381 e. The Morgan fingerprint density at radius 3 is 2.90 bits per heavy atom. The molecule has 0 amide bonds. The number of thiol groups is 1. The molecular formula is C7H12OS2. The number of ether oxygens (including phenoxy) is 1. The van der Waals surface area contributed by atoms with E-state index in [2.05, 4.69) is 17.6 Å². The topological polar surface area (TPSA) is 9.23 Å². The minimum atomic E-state index is 0.776. The van der Waals surface area contributed by atoms with E-state index in [1.54, 1.807) is 0 Å². The molecule has 0 saturated carbocycles. The highest BCUT2D eigenvalue weighted by molar-refractivity contribution is 8.68. The van der Waals surface area contributed by atoms with Gasteiger partial charge in [0.05, 0.1) is 6.61 Å². The highest BCUT2D eigenvalue weighted by Crippen LogP contribution is 2.03. The summed E-state index contributed by atoms with van der Waals surface area (Å²) >= 11 is 3.97. The van der Waals surface area contributed by atoms with E-state index in [0.29, 0.717) is 0 Å². The standard InChI is InChI=1S/C7H12OS2/c1-2-3-4-5-8-6-7-10-9/h1,9H,3-7H2. The van der Waals surface area contributed by atoms with E-state index in [0.717, 1.165) is 31.8 Å². The predicted molar refractivity (Wildman–Crippen MR) is 50.3 cm³/mol. The first kappa shape index (κ1) is 10.2. The van der Waals surface area contributed by atoms with Crippen LogP contribution in [0, 0.1) is 12.3 Å². The van der Waals surface area contributed by atoms with Crippen molar-refractivity contribution in [2.75, 3.05) is 19.0 Å². The van der Waals surface area contributed by atoms with Crippen LogP contribution in [0.5, 0.6) is 0 Å². The molecule has 0 aliphatic rings. The molecule has 0 saturated heterocycles. The summed E-state index contributed by atoms with van der Waals surface area (Å²) in [6, 6.07) is 0. The second-order valence-corrected chi connectivity index (χ2v) is 3.19. The lowest BCUT2D eigenvalue weighted by molar-refractivity contribution is 0.148. The van der Waals surface area contributed by atoms with Crippen molar-refractivity contribution < 1.29 is 4.74 Å². The van der Waals surface area contributed by atoms with Crippen LogP contribution in [0.3, 0.4) is 0 Å². The van der Waals surface area contributed by atoms with Gasteiger partial charge >= 0.3 is 0 Å². The molecule has 0 aliphatic carbocycles. The molecule has 0 aliphatic heterocycles. The van der Waals surface area contributed by atoms with Gasteiger partial charge < -0.3 is 4.74 Å². The molecular weight excluding hydrogens is 164 g/mol. The van der Waals surface area contributed by atoms with Crippen LogP contribution < -0.4 is 0 Å². The lowest BCUT2D eigenvalue weighted by Crippen LogP contribution is -1.97. The van der Waals surface area contributed by atoms with Crippen LogP contribution in [-0.2, 0) is 4.74 Å². The first-order chi connectivity index (χ1) is 4.91. The maximum atomic E-state index is 5.21.